The molecule has 0 N–H and O–H groups in total. The normalized spacial score (nSPS) is 13.6. The quantitative estimate of drug-likeness (QED) is 0.264. The van der Waals surface area contributed by atoms with E-state index in [-0.39, 0.29) is 17.6 Å². The van der Waals surface area contributed by atoms with Crippen LogP contribution in [-0.4, -0.2) is 22.0 Å². The van der Waals surface area contributed by atoms with Crippen molar-refractivity contribution in [3.8, 4) is 5.75 Å². The van der Waals surface area contributed by atoms with Crippen LogP contribution in [0.3, 0.4) is 0 Å². The van der Waals surface area contributed by atoms with Gasteiger partial charge < -0.3 is 4.74 Å². The van der Waals surface area contributed by atoms with E-state index in [9.17, 15) is 4.79 Å². The van der Waals surface area contributed by atoms with E-state index in [1.54, 1.807) is 12.3 Å². The first-order chi connectivity index (χ1) is 14.7. The van der Waals surface area contributed by atoms with Gasteiger partial charge in [-0.15, -0.1) is 0 Å². The van der Waals surface area contributed by atoms with Crippen molar-refractivity contribution in [2.24, 2.45) is 5.10 Å². The molecule has 8 heteroatoms. The predicted molar refractivity (Wildman–Crippen MR) is 138 cm³/mol. The zero-order chi connectivity index (χ0) is 22.7. The maximum Gasteiger partial charge on any atom is 0.282 e. The Balaban J connectivity index is 2.08. The number of benzene rings is 2. The molecule has 1 aromatic heterocycles. The summed E-state index contributed by atoms with van der Waals surface area (Å²) in [6.45, 7) is 8.23. The number of hydrogen-bond donors (Lipinski definition) is 0. The van der Waals surface area contributed by atoms with Crippen molar-refractivity contribution in [3.05, 3.63) is 65.5 Å². The minimum absolute atomic E-state index is 0.0858. The summed E-state index contributed by atoms with van der Waals surface area (Å²) in [4.78, 5) is 18.0. The molecule has 1 heterocycles. The van der Waals surface area contributed by atoms with Crippen molar-refractivity contribution in [3.63, 3.8) is 0 Å². The SMILES string of the molecule is CC[C@@H](C)Oc1c(Br)cc(C=Nn2c([C@H](C)CC)nc3ccc(Br)cc3c2=O)cc1Br. The molecule has 31 heavy (non-hydrogen) atoms. The highest BCUT2D eigenvalue weighted by Crippen LogP contribution is 2.35. The summed E-state index contributed by atoms with van der Waals surface area (Å²) in [5.74, 6) is 1.48. The molecule has 0 fully saturated rings. The minimum atomic E-state index is -0.187. The summed E-state index contributed by atoms with van der Waals surface area (Å²) < 4.78 is 9.86. The number of rotatable bonds is 7. The van der Waals surface area contributed by atoms with Crippen LogP contribution in [-0.2, 0) is 0 Å². The van der Waals surface area contributed by atoms with Crippen molar-refractivity contribution in [2.75, 3.05) is 0 Å². The molecule has 3 rings (SSSR count). The lowest BCUT2D eigenvalue weighted by atomic mass is 10.1. The first kappa shape index (κ1) is 24.1. The van der Waals surface area contributed by atoms with Crippen molar-refractivity contribution in [1.82, 2.24) is 9.66 Å². The van der Waals surface area contributed by atoms with Gasteiger partial charge in [0.15, 0.2) is 0 Å². The van der Waals surface area contributed by atoms with E-state index in [0.717, 1.165) is 37.6 Å². The molecule has 0 aliphatic heterocycles. The van der Waals surface area contributed by atoms with Gasteiger partial charge in [-0.1, -0.05) is 36.7 Å². The molecule has 0 aliphatic carbocycles. The average molecular weight is 614 g/mol. The number of aromatic nitrogens is 2. The van der Waals surface area contributed by atoms with Crippen molar-refractivity contribution in [2.45, 2.75) is 52.6 Å². The fourth-order valence-electron chi connectivity index (χ4n) is 2.95. The highest BCUT2D eigenvalue weighted by Gasteiger charge is 2.16. The molecule has 2 aromatic carbocycles. The van der Waals surface area contributed by atoms with E-state index in [1.165, 1.54) is 4.68 Å². The molecule has 3 aromatic rings. The number of halogens is 3. The van der Waals surface area contributed by atoms with Crippen LogP contribution in [0.5, 0.6) is 5.75 Å². The lowest BCUT2D eigenvalue weighted by Crippen LogP contribution is -2.23. The summed E-state index contributed by atoms with van der Waals surface area (Å²) in [5.41, 5.74) is 1.31. The molecule has 164 valence electrons. The first-order valence-corrected chi connectivity index (χ1v) is 12.5. The summed E-state index contributed by atoms with van der Waals surface area (Å²) in [6, 6.07) is 9.37. The molecular formula is C23H24Br3N3O2. The second kappa shape index (κ2) is 10.4. The van der Waals surface area contributed by atoms with Gasteiger partial charge in [0.05, 0.1) is 32.2 Å². The zero-order valence-electron chi connectivity index (χ0n) is 17.8. The Kier molecular flexibility index (Phi) is 8.10. The standard InChI is InChI=1S/C23H24Br3N3O2/c1-5-13(3)22-28-20-8-7-16(24)11-17(20)23(30)29(22)27-12-15-9-18(25)21(19(26)10-15)31-14(4)6-2/h7-14H,5-6H2,1-4H3/t13-,14-/m1/s1. The van der Waals surface area contributed by atoms with E-state index in [0.29, 0.717) is 16.7 Å². The molecule has 2 atom stereocenters. The molecule has 0 bridgehead atoms. The Bertz CT molecular complexity index is 1170. The van der Waals surface area contributed by atoms with E-state index in [1.807, 2.05) is 38.1 Å². The Labute approximate surface area is 207 Å². The maximum absolute atomic E-state index is 13.2. The minimum Gasteiger partial charge on any atom is -0.488 e. The lowest BCUT2D eigenvalue weighted by Gasteiger charge is -2.16. The zero-order valence-corrected chi connectivity index (χ0v) is 22.6. The van der Waals surface area contributed by atoms with E-state index in [4.69, 9.17) is 9.72 Å². The Morgan fingerprint density at radius 2 is 1.77 bits per heavy atom. The third-order valence-electron chi connectivity index (χ3n) is 5.12. The fourth-order valence-corrected chi connectivity index (χ4v) is 4.72. The van der Waals surface area contributed by atoms with Gasteiger partial charge in [0, 0.05) is 10.4 Å². The number of fused-ring (bicyclic) bond motifs is 1. The van der Waals surface area contributed by atoms with Gasteiger partial charge in [0.2, 0.25) is 0 Å². The van der Waals surface area contributed by atoms with Gasteiger partial charge in [-0.3, -0.25) is 4.79 Å². The van der Waals surface area contributed by atoms with Crippen LogP contribution in [0.15, 0.2) is 53.6 Å². The van der Waals surface area contributed by atoms with Crippen LogP contribution in [0.25, 0.3) is 10.9 Å². The Morgan fingerprint density at radius 1 is 1.10 bits per heavy atom. The van der Waals surface area contributed by atoms with Gasteiger partial charge in [0.1, 0.15) is 11.6 Å². The van der Waals surface area contributed by atoms with Crippen molar-refractivity contribution in [1.29, 1.82) is 0 Å². The van der Waals surface area contributed by atoms with Gasteiger partial charge >= 0.3 is 0 Å². The fraction of sp³-hybridized carbons (Fsp3) is 0.348. The second-order valence-corrected chi connectivity index (χ2v) is 10.1. The third-order valence-corrected chi connectivity index (χ3v) is 6.79. The highest BCUT2D eigenvalue weighted by molar-refractivity contribution is 9.11. The summed E-state index contributed by atoms with van der Waals surface area (Å²) in [6.07, 6.45) is 3.53. The average Bonchev–Trinajstić information content (AvgIpc) is 2.75. The summed E-state index contributed by atoms with van der Waals surface area (Å²) in [7, 11) is 0. The largest absolute Gasteiger partial charge is 0.488 e. The van der Waals surface area contributed by atoms with Crippen molar-refractivity contribution >= 4 is 64.9 Å². The Morgan fingerprint density at radius 3 is 2.39 bits per heavy atom. The molecule has 0 saturated carbocycles. The topological polar surface area (TPSA) is 56.5 Å². The second-order valence-electron chi connectivity index (χ2n) is 7.45. The van der Waals surface area contributed by atoms with Gasteiger partial charge in [-0.05, 0) is 87.5 Å². The van der Waals surface area contributed by atoms with E-state index >= 15 is 0 Å². The van der Waals surface area contributed by atoms with E-state index < -0.39 is 0 Å². The number of nitrogens with zero attached hydrogens (tertiary/aromatic N) is 3. The van der Waals surface area contributed by atoms with Gasteiger partial charge in [-0.25, -0.2) is 4.98 Å². The number of ether oxygens (including phenoxy) is 1. The van der Waals surface area contributed by atoms with Crippen molar-refractivity contribution < 1.29 is 4.74 Å². The smallest absolute Gasteiger partial charge is 0.282 e. The molecular weight excluding hydrogens is 590 g/mol. The summed E-state index contributed by atoms with van der Waals surface area (Å²) in [5, 5.41) is 5.06. The van der Waals surface area contributed by atoms with Crippen LogP contribution in [0, 0.1) is 0 Å². The maximum atomic E-state index is 13.2. The molecule has 0 aliphatic rings. The van der Waals surface area contributed by atoms with Crippen LogP contribution in [0.4, 0.5) is 0 Å². The molecule has 0 spiro atoms. The van der Waals surface area contributed by atoms with Crippen LogP contribution in [0.2, 0.25) is 0 Å². The Hall–Kier alpha value is -1.51. The number of hydrogen-bond acceptors (Lipinski definition) is 4. The lowest BCUT2D eigenvalue weighted by molar-refractivity contribution is 0.214. The monoisotopic (exact) mass is 611 g/mol. The molecule has 0 saturated heterocycles. The van der Waals surface area contributed by atoms with Crippen LogP contribution < -0.4 is 10.3 Å². The van der Waals surface area contributed by atoms with E-state index in [2.05, 4.69) is 66.7 Å². The van der Waals surface area contributed by atoms with Crippen LogP contribution >= 0.6 is 47.8 Å². The summed E-state index contributed by atoms with van der Waals surface area (Å²) >= 11 is 10.6. The van der Waals surface area contributed by atoms with Crippen LogP contribution in [0.1, 0.15) is 57.8 Å². The first-order valence-electron chi connectivity index (χ1n) is 10.2. The van der Waals surface area contributed by atoms with Gasteiger partial charge in [0.25, 0.3) is 5.56 Å². The molecule has 0 amide bonds. The highest BCUT2D eigenvalue weighted by atomic mass is 79.9. The molecule has 0 radical (unpaired) electrons. The molecule has 0 unspecified atom stereocenters. The van der Waals surface area contributed by atoms with Gasteiger partial charge in [-0.2, -0.15) is 9.78 Å². The molecule has 5 nitrogen and oxygen atoms in total. The third kappa shape index (κ3) is 5.46. The predicted octanol–water partition coefficient (Wildman–Crippen LogP) is 7.26.